The van der Waals surface area contributed by atoms with Gasteiger partial charge in [0.15, 0.2) is 0 Å². The van der Waals surface area contributed by atoms with E-state index in [0.29, 0.717) is 5.41 Å². The quantitative estimate of drug-likeness (QED) is 0.815. The summed E-state index contributed by atoms with van der Waals surface area (Å²) >= 11 is 1.67. The average molecular weight is 251 g/mol. The number of rotatable bonds is 1. The second kappa shape index (κ2) is 4.45. The van der Waals surface area contributed by atoms with Crippen LogP contribution in [0, 0.1) is 11.3 Å². The van der Waals surface area contributed by atoms with E-state index in [1.165, 1.54) is 16.9 Å². The van der Waals surface area contributed by atoms with E-state index >= 15 is 0 Å². The van der Waals surface area contributed by atoms with Crippen molar-refractivity contribution >= 4 is 17.2 Å². The Morgan fingerprint density at radius 1 is 1.47 bits per heavy atom. The molecule has 1 aliphatic carbocycles. The smallest absolute Gasteiger partial charge is 0.261 e. The minimum absolute atomic E-state index is 0.0525. The molecule has 1 heterocycles. The lowest BCUT2D eigenvalue weighted by Crippen LogP contribution is -2.26. The van der Waals surface area contributed by atoms with Gasteiger partial charge in [0.25, 0.3) is 5.91 Å². The van der Waals surface area contributed by atoms with Crippen LogP contribution in [0.4, 0.5) is 0 Å². The molecule has 1 aromatic heterocycles. The van der Waals surface area contributed by atoms with Gasteiger partial charge >= 0.3 is 0 Å². The number of carbonyl (C=O) groups is 1. The number of thiophene rings is 1. The van der Waals surface area contributed by atoms with Gasteiger partial charge < -0.3 is 5.32 Å². The van der Waals surface area contributed by atoms with Gasteiger partial charge in [0.1, 0.15) is 0 Å². The van der Waals surface area contributed by atoms with Crippen LogP contribution < -0.4 is 5.32 Å². The Hall–Kier alpha value is -0.830. The zero-order valence-corrected chi connectivity index (χ0v) is 11.9. The van der Waals surface area contributed by atoms with Crippen molar-refractivity contribution in [1.82, 2.24) is 5.32 Å². The van der Waals surface area contributed by atoms with Crippen molar-refractivity contribution in [2.45, 2.75) is 40.0 Å². The number of aryl methyl sites for hydroxylation is 1. The van der Waals surface area contributed by atoms with E-state index in [2.05, 4.69) is 32.2 Å². The van der Waals surface area contributed by atoms with Crippen LogP contribution >= 0.6 is 11.3 Å². The first-order chi connectivity index (χ1) is 7.91. The lowest BCUT2D eigenvalue weighted by atomic mass is 9.72. The number of carbonyl (C=O) groups excluding carboxylic acids is 1. The SMILES string of the molecule is CNC(=O)c1cc2c(s1)CCC(C(C)(C)C)C2. The Morgan fingerprint density at radius 2 is 2.18 bits per heavy atom. The molecule has 1 atom stereocenters. The van der Waals surface area contributed by atoms with E-state index in [4.69, 9.17) is 0 Å². The van der Waals surface area contributed by atoms with Crippen molar-refractivity contribution in [2.24, 2.45) is 11.3 Å². The van der Waals surface area contributed by atoms with Crippen LogP contribution in [0.1, 0.15) is 47.3 Å². The normalized spacial score (nSPS) is 19.9. The van der Waals surface area contributed by atoms with Gasteiger partial charge in [-0.15, -0.1) is 11.3 Å². The highest BCUT2D eigenvalue weighted by atomic mass is 32.1. The lowest BCUT2D eigenvalue weighted by Gasteiger charge is -2.33. The fourth-order valence-corrected chi connectivity index (χ4v) is 3.65. The molecule has 2 nitrogen and oxygen atoms in total. The molecule has 1 amide bonds. The molecule has 1 N–H and O–H groups in total. The molecule has 0 aliphatic heterocycles. The Bertz CT molecular complexity index is 428. The van der Waals surface area contributed by atoms with Crippen LogP contribution in [-0.4, -0.2) is 13.0 Å². The van der Waals surface area contributed by atoms with E-state index < -0.39 is 0 Å². The Morgan fingerprint density at radius 3 is 2.76 bits per heavy atom. The minimum Gasteiger partial charge on any atom is -0.354 e. The summed E-state index contributed by atoms with van der Waals surface area (Å²) in [5, 5.41) is 2.70. The minimum atomic E-state index is 0.0525. The molecule has 0 spiro atoms. The summed E-state index contributed by atoms with van der Waals surface area (Å²) in [5.41, 5.74) is 1.77. The molecule has 2 rings (SSSR count). The molecule has 1 aromatic rings. The van der Waals surface area contributed by atoms with Crippen molar-refractivity contribution in [1.29, 1.82) is 0 Å². The lowest BCUT2D eigenvalue weighted by molar-refractivity contribution is 0.0967. The Balaban J connectivity index is 2.21. The van der Waals surface area contributed by atoms with E-state index in [-0.39, 0.29) is 5.91 Å². The van der Waals surface area contributed by atoms with Gasteiger partial charge in [0, 0.05) is 11.9 Å². The maximum Gasteiger partial charge on any atom is 0.261 e. The summed E-state index contributed by atoms with van der Waals surface area (Å²) < 4.78 is 0. The van der Waals surface area contributed by atoms with Crippen molar-refractivity contribution in [3.8, 4) is 0 Å². The number of fused-ring (bicyclic) bond motifs is 1. The van der Waals surface area contributed by atoms with Crippen LogP contribution in [0.5, 0.6) is 0 Å². The first-order valence-corrected chi connectivity index (χ1v) is 7.07. The second-order valence-corrected chi connectivity index (χ2v) is 7.08. The summed E-state index contributed by atoms with van der Waals surface area (Å²) in [6.45, 7) is 6.94. The fourth-order valence-electron chi connectivity index (χ4n) is 2.50. The molecule has 3 heteroatoms. The van der Waals surface area contributed by atoms with Crippen molar-refractivity contribution < 1.29 is 4.79 Å². The maximum atomic E-state index is 11.6. The van der Waals surface area contributed by atoms with Crippen LogP contribution in [-0.2, 0) is 12.8 Å². The molecule has 94 valence electrons. The van der Waals surface area contributed by atoms with Crippen LogP contribution in [0.2, 0.25) is 0 Å². The molecular weight excluding hydrogens is 230 g/mol. The molecule has 0 saturated carbocycles. The van der Waals surface area contributed by atoms with E-state index in [0.717, 1.165) is 23.6 Å². The molecule has 1 aliphatic rings. The standard InChI is InChI=1S/C14H21NOS/c1-14(2,3)10-5-6-11-9(7-10)8-12(17-11)13(16)15-4/h8,10H,5-7H2,1-4H3,(H,15,16). The van der Waals surface area contributed by atoms with Crippen molar-refractivity contribution in [3.05, 3.63) is 21.4 Å². The fraction of sp³-hybridized carbons (Fsp3) is 0.643. The predicted molar refractivity (Wildman–Crippen MR) is 72.7 cm³/mol. The van der Waals surface area contributed by atoms with Crippen molar-refractivity contribution in [2.75, 3.05) is 7.05 Å². The van der Waals surface area contributed by atoms with Crippen LogP contribution in [0.3, 0.4) is 0 Å². The largest absolute Gasteiger partial charge is 0.354 e. The Kier molecular flexibility index (Phi) is 3.30. The third-order valence-electron chi connectivity index (χ3n) is 3.76. The summed E-state index contributed by atoms with van der Waals surface area (Å²) in [4.78, 5) is 13.9. The highest BCUT2D eigenvalue weighted by Crippen LogP contribution is 2.39. The highest BCUT2D eigenvalue weighted by molar-refractivity contribution is 7.14. The predicted octanol–water partition coefficient (Wildman–Crippen LogP) is 3.26. The second-order valence-electron chi connectivity index (χ2n) is 5.94. The molecule has 1 unspecified atom stereocenters. The molecule has 17 heavy (non-hydrogen) atoms. The number of hydrogen-bond acceptors (Lipinski definition) is 2. The Labute approximate surface area is 107 Å². The summed E-state index contributed by atoms with van der Waals surface area (Å²) in [7, 11) is 1.69. The first kappa shape index (κ1) is 12.6. The van der Waals surface area contributed by atoms with Gasteiger partial charge in [-0.3, -0.25) is 4.79 Å². The average Bonchev–Trinajstić information content (AvgIpc) is 2.69. The van der Waals surface area contributed by atoms with Gasteiger partial charge in [0.05, 0.1) is 4.88 Å². The molecule has 0 fully saturated rings. The van der Waals surface area contributed by atoms with Gasteiger partial charge in [0.2, 0.25) is 0 Å². The van der Waals surface area contributed by atoms with Crippen LogP contribution in [0.15, 0.2) is 6.07 Å². The van der Waals surface area contributed by atoms with E-state index in [1.807, 2.05) is 0 Å². The first-order valence-electron chi connectivity index (χ1n) is 6.25. The highest BCUT2D eigenvalue weighted by Gasteiger charge is 2.30. The molecule has 0 saturated heterocycles. The van der Waals surface area contributed by atoms with Gasteiger partial charge in [-0.1, -0.05) is 20.8 Å². The summed E-state index contributed by atoms with van der Waals surface area (Å²) in [5.74, 6) is 0.791. The van der Waals surface area contributed by atoms with E-state index in [1.54, 1.807) is 18.4 Å². The van der Waals surface area contributed by atoms with Crippen molar-refractivity contribution in [3.63, 3.8) is 0 Å². The monoisotopic (exact) mass is 251 g/mol. The maximum absolute atomic E-state index is 11.6. The summed E-state index contributed by atoms with van der Waals surface area (Å²) in [6.07, 6.45) is 3.52. The summed E-state index contributed by atoms with van der Waals surface area (Å²) in [6, 6.07) is 2.09. The topological polar surface area (TPSA) is 29.1 Å². The molecule has 0 aromatic carbocycles. The third-order valence-corrected chi connectivity index (χ3v) is 4.99. The molecular formula is C14H21NOS. The molecule has 0 radical (unpaired) electrons. The van der Waals surface area contributed by atoms with Crippen LogP contribution in [0.25, 0.3) is 0 Å². The van der Waals surface area contributed by atoms with E-state index in [9.17, 15) is 4.79 Å². The third kappa shape index (κ3) is 2.54. The van der Waals surface area contributed by atoms with Gasteiger partial charge in [-0.2, -0.15) is 0 Å². The number of amides is 1. The van der Waals surface area contributed by atoms with Gasteiger partial charge in [-0.05, 0) is 42.2 Å². The number of nitrogens with one attached hydrogen (secondary N) is 1. The zero-order valence-electron chi connectivity index (χ0n) is 11.1. The van der Waals surface area contributed by atoms with Gasteiger partial charge in [-0.25, -0.2) is 0 Å². The molecule has 0 bridgehead atoms. The number of hydrogen-bond donors (Lipinski definition) is 1. The zero-order chi connectivity index (χ0) is 12.6.